The summed E-state index contributed by atoms with van der Waals surface area (Å²) in [6.07, 6.45) is 0.145. The third-order valence-corrected chi connectivity index (χ3v) is 3.28. The molecule has 1 N–H and O–H groups in total. The van der Waals surface area contributed by atoms with E-state index in [4.69, 9.17) is 4.74 Å². The van der Waals surface area contributed by atoms with Gasteiger partial charge in [0.05, 0.1) is 6.10 Å². The van der Waals surface area contributed by atoms with Gasteiger partial charge in [-0.15, -0.1) is 0 Å². The van der Waals surface area contributed by atoms with E-state index in [0.717, 1.165) is 16.9 Å². The van der Waals surface area contributed by atoms with E-state index < -0.39 is 0 Å². The van der Waals surface area contributed by atoms with Gasteiger partial charge in [0, 0.05) is 18.2 Å². The molecule has 2 aromatic carbocycles. The van der Waals surface area contributed by atoms with Gasteiger partial charge in [-0.2, -0.15) is 0 Å². The molecule has 0 radical (unpaired) electrons. The van der Waals surface area contributed by atoms with Crippen LogP contribution in [-0.4, -0.2) is 6.10 Å². The molecule has 2 nitrogen and oxygen atoms in total. The summed E-state index contributed by atoms with van der Waals surface area (Å²) in [4.78, 5) is 0. The Bertz CT molecular complexity index is 583. The molecule has 0 amide bonds. The lowest BCUT2D eigenvalue weighted by Crippen LogP contribution is -2.19. The SMILES string of the molecule is CC(C)Oc1ccccc1CN[C@H](C)c1cccc(F)c1. The number of benzene rings is 2. The van der Waals surface area contributed by atoms with Crippen molar-refractivity contribution in [2.45, 2.75) is 39.5 Å². The first-order valence-corrected chi connectivity index (χ1v) is 7.29. The van der Waals surface area contributed by atoms with Crippen molar-refractivity contribution in [1.29, 1.82) is 0 Å². The molecule has 3 heteroatoms. The van der Waals surface area contributed by atoms with Crippen molar-refractivity contribution < 1.29 is 9.13 Å². The highest BCUT2D eigenvalue weighted by atomic mass is 19.1. The van der Waals surface area contributed by atoms with Crippen LogP contribution < -0.4 is 10.1 Å². The van der Waals surface area contributed by atoms with Crippen molar-refractivity contribution >= 4 is 0 Å². The van der Waals surface area contributed by atoms with Crippen LogP contribution in [-0.2, 0) is 6.54 Å². The smallest absolute Gasteiger partial charge is 0.124 e. The van der Waals surface area contributed by atoms with Gasteiger partial charge in [-0.1, -0.05) is 30.3 Å². The van der Waals surface area contributed by atoms with Crippen LogP contribution >= 0.6 is 0 Å². The summed E-state index contributed by atoms with van der Waals surface area (Å²) >= 11 is 0. The van der Waals surface area contributed by atoms with Crippen molar-refractivity contribution in [3.8, 4) is 5.75 Å². The number of nitrogens with one attached hydrogen (secondary N) is 1. The van der Waals surface area contributed by atoms with E-state index >= 15 is 0 Å². The molecule has 0 aromatic heterocycles. The maximum Gasteiger partial charge on any atom is 0.124 e. The summed E-state index contributed by atoms with van der Waals surface area (Å²) in [5, 5.41) is 3.41. The van der Waals surface area contributed by atoms with Gasteiger partial charge in [0.2, 0.25) is 0 Å². The average Bonchev–Trinajstić information content (AvgIpc) is 2.45. The number of rotatable bonds is 6. The Morgan fingerprint density at radius 2 is 1.81 bits per heavy atom. The highest BCUT2D eigenvalue weighted by Gasteiger charge is 2.09. The van der Waals surface area contributed by atoms with Crippen molar-refractivity contribution in [1.82, 2.24) is 5.32 Å². The van der Waals surface area contributed by atoms with E-state index in [-0.39, 0.29) is 18.0 Å². The third kappa shape index (κ3) is 4.57. The standard InChI is InChI=1S/C18H22FNO/c1-13(2)21-18-10-5-4-7-16(18)12-20-14(3)15-8-6-9-17(19)11-15/h4-11,13-14,20H,12H2,1-3H3/t14-/m1/s1. The molecular formula is C18H22FNO. The summed E-state index contributed by atoms with van der Waals surface area (Å²) < 4.78 is 19.1. The van der Waals surface area contributed by atoms with E-state index in [1.165, 1.54) is 6.07 Å². The van der Waals surface area contributed by atoms with Crippen molar-refractivity contribution in [2.75, 3.05) is 0 Å². The van der Waals surface area contributed by atoms with E-state index in [1.807, 2.05) is 51.1 Å². The minimum atomic E-state index is -0.204. The zero-order valence-electron chi connectivity index (χ0n) is 12.8. The molecule has 0 heterocycles. The predicted octanol–water partition coefficient (Wildman–Crippen LogP) is 4.46. The zero-order chi connectivity index (χ0) is 15.2. The van der Waals surface area contributed by atoms with Crippen molar-refractivity contribution in [2.24, 2.45) is 0 Å². The largest absolute Gasteiger partial charge is 0.491 e. The lowest BCUT2D eigenvalue weighted by molar-refractivity contribution is 0.239. The lowest BCUT2D eigenvalue weighted by atomic mass is 10.1. The van der Waals surface area contributed by atoms with Crippen LogP contribution in [0.5, 0.6) is 5.75 Å². The van der Waals surface area contributed by atoms with E-state index in [0.29, 0.717) is 6.54 Å². The van der Waals surface area contributed by atoms with Crippen LogP contribution in [0, 0.1) is 5.82 Å². The number of hydrogen-bond donors (Lipinski definition) is 1. The molecule has 0 aliphatic carbocycles. The highest BCUT2D eigenvalue weighted by molar-refractivity contribution is 5.33. The monoisotopic (exact) mass is 287 g/mol. The van der Waals surface area contributed by atoms with Gasteiger partial charge in [-0.3, -0.25) is 0 Å². The van der Waals surface area contributed by atoms with Gasteiger partial charge in [0.15, 0.2) is 0 Å². The van der Waals surface area contributed by atoms with Gasteiger partial charge in [-0.05, 0) is 44.5 Å². The fourth-order valence-corrected chi connectivity index (χ4v) is 2.18. The fraction of sp³-hybridized carbons (Fsp3) is 0.333. The van der Waals surface area contributed by atoms with Crippen LogP contribution in [0.15, 0.2) is 48.5 Å². The Morgan fingerprint density at radius 1 is 1.05 bits per heavy atom. The molecule has 2 aromatic rings. The molecule has 2 rings (SSSR count). The zero-order valence-corrected chi connectivity index (χ0v) is 12.8. The van der Waals surface area contributed by atoms with Crippen molar-refractivity contribution in [3.63, 3.8) is 0 Å². The minimum Gasteiger partial charge on any atom is -0.491 e. The Morgan fingerprint density at radius 3 is 2.52 bits per heavy atom. The quantitative estimate of drug-likeness (QED) is 0.846. The molecule has 0 saturated carbocycles. The van der Waals surface area contributed by atoms with Crippen LogP contribution in [0.2, 0.25) is 0 Å². The molecule has 0 aliphatic rings. The summed E-state index contributed by atoms with van der Waals surface area (Å²) in [6, 6.07) is 14.8. The second kappa shape index (κ2) is 7.23. The summed E-state index contributed by atoms with van der Waals surface area (Å²) in [5.41, 5.74) is 2.05. The molecule has 21 heavy (non-hydrogen) atoms. The average molecular weight is 287 g/mol. The highest BCUT2D eigenvalue weighted by Crippen LogP contribution is 2.21. The number of hydrogen-bond acceptors (Lipinski definition) is 2. The molecule has 0 fully saturated rings. The topological polar surface area (TPSA) is 21.3 Å². The Hall–Kier alpha value is -1.87. The molecule has 0 unspecified atom stereocenters. The summed E-state index contributed by atoms with van der Waals surface area (Å²) in [6.45, 7) is 6.74. The molecule has 1 atom stereocenters. The predicted molar refractivity (Wildman–Crippen MR) is 83.9 cm³/mol. The molecule has 112 valence electrons. The maximum absolute atomic E-state index is 13.3. The molecule has 0 spiro atoms. The summed E-state index contributed by atoms with van der Waals surface area (Å²) in [5.74, 6) is 0.691. The van der Waals surface area contributed by atoms with E-state index in [9.17, 15) is 4.39 Å². The third-order valence-electron chi connectivity index (χ3n) is 3.28. The number of halogens is 1. The fourth-order valence-electron chi connectivity index (χ4n) is 2.18. The Kier molecular flexibility index (Phi) is 5.34. The van der Waals surface area contributed by atoms with Crippen LogP contribution in [0.25, 0.3) is 0 Å². The molecule has 0 saturated heterocycles. The lowest BCUT2D eigenvalue weighted by Gasteiger charge is -2.18. The Labute approximate surface area is 126 Å². The van der Waals surface area contributed by atoms with E-state index in [2.05, 4.69) is 5.32 Å². The molecule has 0 aliphatic heterocycles. The second-order valence-electron chi connectivity index (χ2n) is 5.43. The van der Waals surface area contributed by atoms with Gasteiger partial charge < -0.3 is 10.1 Å². The van der Waals surface area contributed by atoms with Crippen LogP contribution in [0.3, 0.4) is 0 Å². The van der Waals surface area contributed by atoms with Crippen LogP contribution in [0.4, 0.5) is 4.39 Å². The Balaban J connectivity index is 2.02. The van der Waals surface area contributed by atoms with Crippen molar-refractivity contribution in [3.05, 3.63) is 65.5 Å². The minimum absolute atomic E-state index is 0.0767. The first-order chi connectivity index (χ1) is 10.1. The first-order valence-electron chi connectivity index (χ1n) is 7.29. The van der Waals surface area contributed by atoms with E-state index in [1.54, 1.807) is 12.1 Å². The molecular weight excluding hydrogens is 265 g/mol. The van der Waals surface area contributed by atoms with Crippen LogP contribution in [0.1, 0.15) is 37.9 Å². The number of para-hydroxylation sites is 1. The van der Waals surface area contributed by atoms with Gasteiger partial charge in [0.25, 0.3) is 0 Å². The normalized spacial score (nSPS) is 12.4. The maximum atomic E-state index is 13.3. The van der Waals surface area contributed by atoms with Gasteiger partial charge in [-0.25, -0.2) is 4.39 Å². The number of ether oxygens (including phenoxy) is 1. The molecule has 0 bridgehead atoms. The van der Waals surface area contributed by atoms with Gasteiger partial charge >= 0.3 is 0 Å². The summed E-state index contributed by atoms with van der Waals surface area (Å²) in [7, 11) is 0. The second-order valence-corrected chi connectivity index (χ2v) is 5.43. The van der Waals surface area contributed by atoms with Gasteiger partial charge in [0.1, 0.15) is 11.6 Å². The first kappa shape index (κ1) is 15.5.